The Morgan fingerprint density at radius 2 is 2.00 bits per heavy atom. The molecule has 0 amide bonds. The summed E-state index contributed by atoms with van der Waals surface area (Å²) in [6.07, 6.45) is 3.26. The summed E-state index contributed by atoms with van der Waals surface area (Å²) in [6, 6.07) is 13.9. The number of carboxylic acid groups (broad SMARTS) is 1. The highest BCUT2D eigenvalue weighted by Gasteiger charge is 2.07. The number of para-hydroxylation sites is 1. The van der Waals surface area contributed by atoms with Crippen LogP contribution in [0.15, 0.2) is 54.7 Å². The van der Waals surface area contributed by atoms with Gasteiger partial charge in [0.15, 0.2) is 5.82 Å². The minimum absolute atomic E-state index is 0.143. The highest BCUT2D eigenvalue weighted by atomic mass is 35.5. The number of tetrazole rings is 1. The summed E-state index contributed by atoms with van der Waals surface area (Å²) in [5.41, 5.74) is 1.45. The van der Waals surface area contributed by atoms with Crippen molar-refractivity contribution in [2.45, 2.75) is 0 Å². The Morgan fingerprint density at radius 3 is 2.75 bits per heavy atom. The molecule has 7 nitrogen and oxygen atoms in total. The summed E-state index contributed by atoms with van der Waals surface area (Å²) in [4.78, 5) is 11.0. The Balaban J connectivity index is 1.80. The van der Waals surface area contributed by atoms with Gasteiger partial charge in [0.1, 0.15) is 0 Å². The molecule has 0 radical (unpaired) electrons. The van der Waals surface area contributed by atoms with E-state index in [9.17, 15) is 4.79 Å². The van der Waals surface area contributed by atoms with Crippen molar-refractivity contribution in [3.8, 4) is 5.69 Å². The molecule has 0 fully saturated rings. The molecule has 2 aromatic carbocycles. The van der Waals surface area contributed by atoms with Gasteiger partial charge in [0.25, 0.3) is 0 Å². The number of benzene rings is 2. The zero-order chi connectivity index (χ0) is 16.9. The van der Waals surface area contributed by atoms with Crippen molar-refractivity contribution in [3.63, 3.8) is 0 Å². The fourth-order valence-electron chi connectivity index (χ4n) is 2.03. The molecule has 2 N–H and O–H groups in total. The van der Waals surface area contributed by atoms with E-state index in [-0.39, 0.29) is 5.56 Å². The van der Waals surface area contributed by atoms with E-state index in [0.717, 1.165) is 5.69 Å². The lowest BCUT2D eigenvalue weighted by atomic mass is 10.2. The lowest BCUT2D eigenvalue weighted by molar-refractivity contribution is 0.0697. The second-order valence-electron chi connectivity index (χ2n) is 4.76. The predicted molar refractivity (Wildman–Crippen MR) is 90.2 cm³/mol. The zero-order valence-electron chi connectivity index (χ0n) is 12.3. The molecule has 0 bridgehead atoms. The normalized spacial score (nSPS) is 10.9. The minimum Gasteiger partial charge on any atom is -0.478 e. The lowest BCUT2D eigenvalue weighted by Crippen LogP contribution is -2.00. The maximum absolute atomic E-state index is 11.0. The number of hydrogen-bond acceptors (Lipinski definition) is 5. The minimum atomic E-state index is -1.02. The van der Waals surface area contributed by atoms with Gasteiger partial charge in [-0.3, -0.25) is 0 Å². The summed E-state index contributed by atoms with van der Waals surface area (Å²) in [5, 5.41) is 23.9. The van der Waals surface area contributed by atoms with Gasteiger partial charge in [0.05, 0.1) is 22.0 Å². The van der Waals surface area contributed by atoms with Gasteiger partial charge in [-0.25, -0.2) is 4.79 Å². The lowest BCUT2D eigenvalue weighted by Gasteiger charge is -2.05. The summed E-state index contributed by atoms with van der Waals surface area (Å²) in [6.45, 7) is 0. The smallest absolute Gasteiger partial charge is 0.335 e. The number of carboxylic acids is 1. The van der Waals surface area contributed by atoms with Crippen molar-refractivity contribution in [1.29, 1.82) is 0 Å². The Bertz CT molecular complexity index is 892. The molecule has 3 aromatic rings. The van der Waals surface area contributed by atoms with E-state index in [1.54, 1.807) is 17.0 Å². The van der Waals surface area contributed by atoms with Crippen molar-refractivity contribution in [3.05, 3.63) is 71.1 Å². The topological polar surface area (TPSA) is 92.9 Å². The summed E-state index contributed by atoms with van der Waals surface area (Å²) in [5.74, 6) is -0.508. The van der Waals surface area contributed by atoms with Crippen molar-refractivity contribution in [2.75, 3.05) is 5.32 Å². The van der Waals surface area contributed by atoms with Crippen LogP contribution < -0.4 is 5.32 Å². The number of hydrogen-bond donors (Lipinski definition) is 2. The van der Waals surface area contributed by atoms with Crippen molar-refractivity contribution in [1.82, 2.24) is 20.2 Å². The van der Waals surface area contributed by atoms with Crippen LogP contribution in [0, 0.1) is 0 Å². The number of nitrogens with zero attached hydrogens (tertiary/aromatic N) is 4. The quantitative estimate of drug-likeness (QED) is 0.740. The molecule has 1 heterocycles. The van der Waals surface area contributed by atoms with Crippen LogP contribution in [0.5, 0.6) is 0 Å². The van der Waals surface area contributed by atoms with Gasteiger partial charge in [-0.1, -0.05) is 29.8 Å². The fraction of sp³-hybridized carbons (Fsp3) is 0. The first kappa shape index (κ1) is 15.7. The highest BCUT2D eigenvalue weighted by Crippen LogP contribution is 2.23. The highest BCUT2D eigenvalue weighted by molar-refractivity contribution is 6.33. The van der Waals surface area contributed by atoms with Crippen LogP contribution in [-0.4, -0.2) is 31.3 Å². The van der Waals surface area contributed by atoms with E-state index in [1.165, 1.54) is 18.2 Å². The second-order valence-corrected chi connectivity index (χ2v) is 5.17. The number of nitrogens with one attached hydrogen (secondary N) is 1. The predicted octanol–water partition coefficient (Wildman–Crippen LogP) is 3.10. The molecular weight excluding hydrogens is 330 g/mol. The fourth-order valence-corrected chi connectivity index (χ4v) is 2.20. The Kier molecular flexibility index (Phi) is 4.53. The van der Waals surface area contributed by atoms with Gasteiger partial charge < -0.3 is 10.4 Å². The molecule has 120 valence electrons. The zero-order valence-corrected chi connectivity index (χ0v) is 13.1. The van der Waals surface area contributed by atoms with Gasteiger partial charge in [-0.05, 0) is 40.8 Å². The summed E-state index contributed by atoms with van der Waals surface area (Å²) < 4.78 is 1.58. The average Bonchev–Trinajstić information content (AvgIpc) is 3.05. The number of carbonyl (C=O) groups is 1. The number of aromatic nitrogens is 4. The molecule has 0 saturated heterocycles. The van der Waals surface area contributed by atoms with Crippen LogP contribution in [0.2, 0.25) is 5.02 Å². The summed E-state index contributed by atoms with van der Waals surface area (Å²) >= 11 is 6.05. The molecule has 24 heavy (non-hydrogen) atoms. The first-order valence-corrected chi connectivity index (χ1v) is 7.32. The molecule has 3 rings (SSSR count). The van der Waals surface area contributed by atoms with E-state index >= 15 is 0 Å². The van der Waals surface area contributed by atoms with Gasteiger partial charge in [-0.15, -0.1) is 5.10 Å². The van der Waals surface area contributed by atoms with Crippen molar-refractivity contribution >= 4 is 29.3 Å². The maximum Gasteiger partial charge on any atom is 0.335 e. The third kappa shape index (κ3) is 3.41. The first-order valence-electron chi connectivity index (χ1n) is 6.95. The molecule has 8 heteroatoms. The SMILES string of the molecule is O=C(O)c1ccc(Cl)c(NC=Cc2nnnn2-c2ccccc2)c1. The van der Waals surface area contributed by atoms with Crippen LogP contribution in [0.25, 0.3) is 11.8 Å². The van der Waals surface area contributed by atoms with Gasteiger partial charge in [0.2, 0.25) is 0 Å². The summed E-state index contributed by atoms with van der Waals surface area (Å²) in [7, 11) is 0. The van der Waals surface area contributed by atoms with Crippen molar-refractivity contribution < 1.29 is 9.90 Å². The van der Waals surface area contributed by atoms with E-state index in [0.29, 0.717) is 16.5 Å². The number of aromatic carboxylic acids is 1. The largest absolute Gasteiger partial charge is 0.478 e. The number of halogens is 1. The molecule has 0 saturated carbocycles. The van der Waals surface area contributed by atoms with Crippen LogP contribution in [0.3, 0.4) is 0 Å². The Labute approximate surface area is 142 Å². The molecule has 0 aliphatic heterocycles. The maximum atomic E-state index is 11.0. The standard InChI is InChI=1S/C16H12ClN5O2/c17-13-7-6-11(16(23)24)10-14(13)18-9-8-15-19-20-21-22(15)12-4-2-1-3-5-12/h1-10,18H,(H,23,24). The van der Waals surface area contributed by atoms with Crippen molar-refractivity contribution in [2.24, 2.45) is 0 Å². The monoisotopic (exact) mass is 341 g/mol. The average molecular weight is 342 g/mol. The van der Waals surface area contributed by atoms with Crippen LogP contribution >= 0.6 is 11.6 Å². The van der Waals surface area contributed by atoms with Gasteiger partial charge in [0, 0.05) is 12.3 Å². The Hall–Kier alpha value is -3.19. The van der Waals surface area contributed by atoms with Crippen LogP contribution in [0.4, 0.5) is 5.69 Å². The van der Waals surface area contributed by atoms with Crippen LogP contribution in [-0.2, 0) is 0 Å². The molecule has 0 unspecified atom stereocenters. The van der Waals surface area contributed by atoms with E-state index in [2.05, 4.69) is 20.8 Å². The number of anilines is 1. The third-order valence-electron chi connectivity index (χ3n) is 3.18. The second kappa shape index (κ2) is 6.93. The Morgan fingerprint density at radius 1 is 1.21 bits per heavy atom. The molecule has 0 aliphatic rings. The molecule has 0 atom stereocenters. The molecule has 0 aliphatic carbocycles. The van der Waals surface area contributed by atoms with Gasteiger partial charge in [-0.2, -0.15) is 4.68 Å². The molecule has 0 spiro atoms. The van der Waals surface area contributed by atoms with Crippen LogP contribution in [0.1, 0.15) is 16.2 Å². The third-order valence-corrected chi connectivity index (χ3v) is 3.51. The molecule has 1 aromatic heterocycles. The molecular formula is C16H12ClN5O2. The van der Waals surface area contributed by atoms with E-state index < -0.39 is 5.97 Å². The van der Waals surface area contributed by atoms with E-state index in [4.69, 9.17) is 16.7 Å². The van der Waals surface area contributed by atoms with E-state index in [1.807, 2.05) is 30.3 Å². The number of rotatable bonds is 5. The first-order chi connectivity index (χ1) is 11.6. The van der Waals surface area contributed by atoms with Gasteiger partial charge >= 0.3 is 5.97 Å².